The Kier molecular flexibility index (Phi) is 2.47. The molecule has 1 N–H and O–H groups in total. The molecule has 0 aromatic carbocycles. The fourth-order valence-electron chi connectivity index (χ4n) is 1.73. The lowest BCUT2D eigenvalue weighted by molar-refractivity contribution is -0.384. The van der Waals surface area contributed by atoms with Crippen LogP contribution >= 0.6 is 11.6 Å². The van der Waals surface area contributed by atoms with Crippen molar-refractivity contribution in [2.24, 2.45) is 0 Å². The van der Waals surface area contributed by atoms with Crippen LogP contribution in [0.4, 0.5) is 11.5 Å². The average molecular weight is 244 g/mol. The number of nitro groups is 1. The van der Waals surface area contributed by atoms with E-state index >= 15 is 0 Å². The summed E-state index contributed by atoms with van der Waals surface area (Å²) >= 11 is 5.65. The van der Waals surface area contributed by atoms with Crippen LogP contribution in [-0.2, 0) is 0 Å². The van der Waals surface area contributed by atoms with Crippen LogP contribution in [0.2, 0.25) is 5.02 Å². The Morgan fingerprint density at radius 3 is 2.81 bits per heavy atom. The van der Waals surface area contributed by atoms with E-state index in [9.17, 15) is 15.2 Å². The summed E-state index contributed by atoms with van der Waals surface area (Å²) in [6.07, 6.45) is 1.36. The van der Waals surface area contributed by atoms with Gasteiger partial charge in [-0.3, -0.25) is 10.1 Å². The highest BCUT2D eigenvalue weighted by Gasteiger charge is 2.40. The van der Waals surface area contributed by atoms with Crippen molar-refractivity contribution in [3.05, 3.63) is 27.4 Å². The molecule has 1 fully saturated rings. The predicted molar refractivity (Wildman–Crippen MR) is 58.7 cm³/mol. The van der Waals surface area contributed by atoms with Gasteiger partial charge in [0.1, 0.15) is 0 Å². The number of hydrogen-bond acceptors (Lipinski definition) is 5. The van der Waals surface area contributed by atoms with Crippen LogP contribution in [0.15, 0.2) is 12.3 Å². The van der Waals surface area contributed by atoms with Crippen molar-refractivity contribution in [3.8, 4) is 0 Å². The maximum atomic E-state index is 10.8. The van der Waals surface area contributed by atoms with E-state index in [1.54, 1.807) is 11.8 Å². The molecule has 1 aromatic heterocycles. The quantitative estimate of drug-likeness (QED) is 0.624. The predicted octanol–water partition coefficient (Wildman–Crippen LogP) is 1.21. The van der Waals surface area contributed by atoms with Crippen LogP contribution in [0, 0.1) is 10.1 Å². The molecule has 1 aromatic rings. The molecule has 1 saturated heterocycles. The molecule has 0 aliphatic carbocycles. The fourth-order valence-corrected chi connectivity index (χ4v) is 1.88. The number of halogens is 1. The first-order valence-electron chi connectivity index (χ1n) is 4.66. The molecule has 2 heterocycles. The summed E-state index contributed by atoms with van der Waals surface area (Å²) in [5.41, 5.74) is -0.933. The summed E-state index contributed by atoms with van der Waals surface area (Å²) in [6.45, 7) is 2.34. The van der Waals surface area contributed by atoms with Gasteiger partial charge in [0, 0.05) is 25.4 Å². The van der Waals surface area contributed by atoms with Crippen molar-refractivity contribution < 1.29 is 10.0 Å². The van der Waals surface area contributed by atoms with Gasteiger partial charge in [-0.1, -0.05) is 11.6 Å². The van der Waals surface area contributed by atoms with E-state index in [-0.39, 0.29) is 16.5 Å². The lowest BCUT2D eigenvalue weighted by Gasteiger charge is -2.44. The Hall–Kier alpha value is -1.40. The first-order valence-corrected chi connectivity index (χ1v) is 5.04. The number of rotatable bonds is 2. The molecule has 0 amide bonds. The normalized spacial score (nSPS) is 18.1. The van der Waals surface area contributed by atoms with Crippen molar-refractivity contribution in [2.45, 2.75) is 12.5 Å². The van der Waals surface area contributed by atoms with Crippen molar-refractivity contribution in [2.75, 3.05) is 18.0 Å². The van der Waals surface area contributed by atoms with Crippen LogP contribution in [0.5, 0.6) is 0 Å². The van der Waals surface area contributed by atoms with E-state index in [0.29, 0.717) is 13.1 Å². The van der Waals surface area contributed by atoms with Gasteiger partial charge < -0.3 is 10.0 Å². The molecule has 16 heavy (non-hydrogen) atoms. The molecule has 0 atom stereocenters. The Labute approximate surface area is 96.6 Å². The fraction of sp³-hybridized carbons (Fsp3) is 0.444. The minimum atomic E-state index is -0.796. The summed E-state index contributed by atoms with van der Waals surface area (Å²) in [5.74, 6) is 0.251. The molecule has 1 aliphatic heterocycles. The molecule has 1 aliphatic rings. The Morgan fingerprint density at radius 2 is 2.31 bits per heavy atom. The number of aliphatic hydroxyl groups is 1. The van der Waals surface area contributed by atoms with Crippen LogP contribution in [0.3, 0.4) is 0 Å². The zero-order valence-corrected chi connectivity index (χ0v) is 9.31. The molecule has 0 spiro atoms. The third kappa shape index (κ3) is 1.94. The SMILES string of the molecule is CC1(O)CN(c2ncc(Cl)cc2[N+](=O)[O-])C1. The van der Waals surface area contributed by atoms with E-state index in [1.165, 1.54) is 12.3 Å². The Bertz CT molecular complexity index is 442. The van der Waals surface area contributed by atoms with E-state index < -0.39 is 10.5 Å². The van der Waals surface area contributed by atoms with Crippen molar-refractivity contribution in [3.63, 3.8) is 0 Å². The standard InChI is InChI=1S/C9H10ClN3O3/c1-9(14)4-12(5-9)8-7(13(15)16)2-6(10)3-11-8/h2-3,14H,4-5H2,1H3. The summed E-state index contributed by atoms with van der Waals surface area (Å²) in [7, 11) is 0. The lowest BCUT2D eigenvalue weighted by atomic mass is 9.97. The molecule has 6 nitrogen and oxygen atoms in total. The minimum Gasteiger partial charge on any atom is -0.386 e. The van der Waals surface area contributed by atoms with E-state index in [4.69, 9.17) is 11.6 Å². The molecule has 86 valence electrons. The maximum Gasteiger partial charge on any atom is 0.313 e. The number of hydrogen-bond donors (Lipinski definition) is 1. The highest BCUT2D eigenvalue weighted by molar-refractivity contribution is 6.30. The second-order valence-electron chi connectivity index (χ2n) is 4.11. The zero-order chi connectivity index (χ0) is 11.9. The molecule has 2 rings (SSSR count). The van der Waals surface area contributed by atoms with Gasteiger partial charge in [-0.15, -0.1) is 0 Å². The molecular weight excluding hydrogens is 234 g/mol. The van der Waals surface area contributed by atoms with Crippen LogP contribution in [0.1, 0.15) is 6.92 Å². The highest BCUT2D eigenvalue weighted by atomic mass is 35.5. The molecular formula is C9H10ClN3O3. The van der Waals surface area contributed by atoms with Crippen LogP contribution in [0.25, 0.3) is 0 Å². The smallest absolute Gasteiger partial charge is 0.313 e. The van der Waals surface area contributed by atoms with E-state index in [1.807, 2.05) is 0 Å². The molecule has 0 unspecified atom stereocenters. The second-order valence-corrected chi connectivity index (χ2v) is 4.54. The first-order chi connectivity index (χ1) is 7.39. The lowest BCUT2D eigenvalue weighted by Crippen LogP contribution is -2.60. The summed E-state index contributed by atoms with van der Waals surface area (Å²) < 4.78 is 0. The van der Waals surface area contributed by atoms with Gasteiger partial charge in [-0.05, 0) is 6.92 Å². The summed E-state index contributed by atoms with van der Waals surface area (Å²) in [5, 5.41) is 20.6. The minimum absolute atomic E-state index is 0.136. The third-order valence-corrected chi connectivity index (χ3v) is 2.58. The number of anilines is 1. The average Bonchev–Trinajstić information content (AvgIpc) is 2.14. The second kappa shape index (κ2) is 3.57. The van der Waals surface area contributed by atoms with Gasteiger partial charge in [-0.2, -0.15) is 0 Å². The van der Waals surface area contributed by atoms with Gasteiger partial charge in [0.05, 0.1) is 15.5 Å². The number of nitrogens with zero attached hydrogens (tertiary/aromatic N) is 3. The van der Waals surface area contributed by atoms with Gasteiger partial charge >= 0.3 is 5.69 Å². The van der Waals surface area contributed by atoms with Crippen LogP contribution < -0.4 is 4.90 Å². The number of aromatic nitrogens is 1. The monoisotopic (exact) mass is 243 g/mol. The summed E-state index contributed by atoms with van der Waals surface area (Å²) in [4.78, 5) is 15.8. The molecule has 0 saturated carbocycles. The van der Waals surface area contributed by atoms with Gasteiger partial charge in [0.25, 0.3) is 0 Å². The molecule has 0 bridgehead atoms. The Morgan fingerprint density at radius 1 is 1.69 bits per heavy atom. The molecule has 7 heteroatoms. The van der Waals surface area contributed by atoms with Gasteiger partial charge in [0.15, 0.2) is 0 Å². The van der Waals surface area contributed by atoms with Crippen molar-refractivity contribution in [1.29, 1.82) is 0 Å². The Balaban J connectivity index is 2.31. The van der Waals surface area contributed by atoms with E-state index in [0.717, 1.165) is 0 Å². The van der Waals surface area contributed by atoms with Gasteiger partial charge in [-0.25, -0.2) is 4.98 Å². The van der Waals surface area contributed by atoms with Gasteiger partial charge in [0.2, 0.25) is 5.82 Å². The number of pyridine rings is 1. The number of β-amino-alcohol motifs (C(OH)–C–C–N with tert-alkyl or cyclic N) is 1. The topological polar surface area (TPSA) is 79.5 Å². The van der Waals surface area contributed by atoms with Crippen molar-refractivity contribution >= 4 is 23.1 Å². The zero-order valence-electron chi connectivity index (χ0n) is 8.55. The maximum absolute atomic E-state index is 10.8. The third-order valence-electron chi connectivity index (χ3n) is 2.37. The largest absolute Gasteiger partial charge is 0.386 e. The van der Waals surface area contributed by atoms with E-state index in [2.05, 4.69) is 4.98 Å². The highest BCUT2D eigenvalue weighted by Crippen LogP contribution is 2.33. The summed E-state index contributed by atoms with van der Waals surface area (Å²) in [6, 6.07) is 1.26. The van der Waals surface area contributed by atoms with Crippen molar-refractivity contribution in [1.82, 2.24) is 4.98 Å². The van der Waals surface area contributed by atoms with Crippen LogP contribution in [-0.4, -0.2) is 33.7 Å². The first kappa shape index (κ1) is 11.1. The molecule has 0 radical (unpaired) electrons.